The van der Waals surface area contributed by atoms with E-state index in [1.807, 2.05) is 0 Å². The summed E-state index contributed by atoms with van der Waals surface area (Å²) in [6.07, 6.45) is 1.33. The van der Waals surface area contributed by atoms with Crippen LogP contribution in [0.15, 0.2) is 71.8 Å². The van der Waals surface area contributed by atoms with Gasteiger partial charge in [0.15, 0.2) is 0 Å². The van der Waals surface area contributed by atoms with Crippen LogP contribution in [-0.2, 0) is 0 Å². The minimum atomic E-state index is -0.771. The first-order chi connectivity index (χ1) is 15.7. The first-order valence-corrected chi connectivity index (χ1v) is 9.03. The Morgan fingerprint density at radius 3 is 2.15 bits per heavy atom. The molecule has 1 N–H and O–H groups in total. The van der Waals surface area contributed by atoms with E-state index in [1.54, 1.807) is 12.1 Å². The highest BCUT2D eigenvalue weighted by Crippen LogP contribution is 2.28. The molecule has 3 aromatic carbocycles. The van der Waals surface area contributed by atoms with Crippen molar-refractivity contribution < 1.29 is 24.3 Å². The van der Waals surface area contributed by atoms with Gasteiger partial charge in [0.1, 0.15) is 11.4 Å². The zero-order chi connectivity index (χ0) is 24.0. The molecule has 0 aromatic heterocycles. The second-order valence-electron chi connectivity index (χ2n) is 6.35. The second kappa shape index (κ2) is 9.74. The quantitative estimate of drug-likeness (QED) is 0.173. The Bertz CT molecular complexity index is 1270. The molecule has 0 saturated carbocycles. The lowest BCUT2D eigenvalue weighted by molar-refractivity contribution is -0.393. The van der Waals surface area contributed by atoms with Crippen LogP contribution < -0.4 is 10.2 Å². The summed E-state index contributed by atoms with van der Waals surface area (Å²) in [5, 5.41) is 36.6. The molecular formula is C20H13N5O8. The summed E-state index contributed by atoms with van der Waals surface area (Å²) >= 11 is 0. The van der Waals surface area contributed by atoms with Crippen molar-refractivity contribution in [3.63, 3.8) is 0 Å². The molecule has 0 heterocycles. The van der Waals surface area contributed by atoms with Crippen molar-refractivity contribution in [2.24, 2.45) is 5.10 Å². The number of hydrogen-bond acceptors (Lipinski definition) is 10. The molecular weight excluding hydrogens is 438 g/mol. The van der Waals surface area contributed by atoms with Gasteiger partial charge in [0.25, 0.3) is 11.4 Å². The van der Waals surface area contributed by atoms with Crippen molar-refractivity contribution in [1.29, 1.82) is 0 Å². The van der Waals surface area contributed by atoms with Gasteiger partial charge in [-0.15, -0.1) is 0 Å². The smallest absolute Gasteiger partial charge is 0.343 e. The third-order valence-electron chi connectivity index (χ3n) is 4.17. The van der Waals surface area contributed by atoms with E-state index in [9.17, 15) is 35.1 Å². The SMILES string of the molecule is O=C(Oc1ccc(/C=N\Nc2ccc([N+](=O)[O-])cc2[N+](=O)[O-])cc1)c1cccc([N+](=O)[O-])c1. The summed E-state index contributed by atoms with van der Waals surface area (Å²) in [5.41, 5.74) is 1.81. The van der Waals surface area contributed by atoms with Gasteiger partial charge in [-0.1, -0.05) is 6.07 Å². The number of nitro groups is 3. The predicted molar refractivity (Wildman–Crippen MR) is 115 cm³/mol. The number of non-ortho nitro benzene ring substituents is 2. The van der Waals surface area contributed by atoms with E-state index >= 15 is 0 Å². The molecule has 3 aromatic rings. The van der Waals surface area contributed by atoms with Crippen LogP contribution in [0.4, 0.5) is 22.7 Å². The van der Waals surface area contributed by atoms with Crippen molar-refractivity contribution in [3.05, 3.63) is 108 Å². The van der Waals surface area contributed by atoms with Gasteiger partial charge in [-0.05, 0) is 42.0 Å². The Hall–Kier alpha value is -5.20. The molecule has 33 heavy (non-hydrogen) atoms. The summed E-state index contributed by atoms with van der Waals surface area (Å²) in [6, 6.07) is 14.2. The minimum absolute atomic E-state index is 0.0173. The van der Waals surface area contributed by atoms with Gasteiger partial charge in [-0.25, -0.2) is 4.79 Å². The number of hydrogen-bond donors (Lipinski definition) is 1. The van der Waals surface area contributed by atoms with Crippen molar-refractivity contribution >= 4 is 34.9 Å². The monoisotopic (exact) mass is 451 g/mol. The van der Waals surface area contributed by atoms with Crippen molar-refractivity contribution in [2.75, 3.05) is 5.43 Å². The van der Waals surface area contributed by atoms with Crippen LogP contribution in [0.25, 0.3) is 0 Å². The van der Waals surface area contributed by atoms with Gasteiger partial charge in [-0.3, -0.25) is 35.8 Å². The number of nitro benzene ring substituents is 3. The standard InChI is InChI=1S/C20H13N5O8/c26-20(14-2-1-3-15(10-14)23(27)28)33-17-7-4-13(5-8-17)12-21-22-18-9-6-16(24(29)30)11-19(18)25(31)32/h1-12,22H/b21-12-. The number of nitrogens with one attached hydrogen (secondary N) is 1. The Morgan fingerprint density at radius 1 is 0.848 bits per heavy atom. The van der Waals surface area contributed by atoms with Gasteiger partial charge in [-0.2, -0.15) is 5.10 Å². The first kappa shape index (κ1) is 22.5. The number of anilines is 1. The van der Waals surface area contributed by atoms with E-state index in [0.717, 1.165) is 18.2 Å². The van der Waals surface area contributed by atoms with Gasteiger partial charge in [0.2, 0.25) is 0 Å². The van der Waals surface area contributed by atoms with Crippen LogP contribution in [0, 0.1) is 30.3 Å². The molecule has 0 unspecified atom stereocenters. The molecule has 0 saturated heterocycles. The number of hydrazone groups is 1. The number of nitrogens with zero attached hydrogens (tertiary/aromatic N) is 4. The van der Waals surface area contributed by atoms with Crippen LogP contribution >= 0.6 is 0 Å². The van der Waals surface area contributed by atoms with E-state index in [1.165, 1.54) is 42.6 Å². The zero-order valence-corrected chi connectivity index (χ0v) is 16.5. The van der Waals surface area contributed by atoms with Crippen LogP contribution in [-0.4, -0.2) is 27.0 Å². The lowest BCUT2D eigenvalue weighted by Gasteiger charge is -2.05. The molecule has 13 heteroatoms. The number of carbonyl (C=O) groups is 1. The fourth-order valence-corrected chi connectivity index (χ4v) is 2.59. The summed E-state index contributed by atoms with van der Waals surface area (Å²) in [7, 11) is 0. The van der Waals surface area contributed by atoms with Crippen LogP contribution in [0.3, 0.4) is 0 Å². The minimum Gasteiger partial charge on any atom is -0.423 e. The Morgan fingerprint density at radius 2 is 1.52 bits per heavy atom. The summed E-state index contributed by atoms with van der Waals surface area (Å²) in [4.78, 5) is 42.8. The Balaban J connectivity index is 1.66. The van der Waals surface area contributed by atoms with Gasteiger partial charge in [0.05, 0.1) is 32.6 Å². The molecule has 0 atom stereocenters. The highest BCUT2D eigenvalue weighted by atomic mass is 16.6. The molecule has 0 aliphatic carbocycles. The van der Waals surface area contributed by atoms with Crippen molar-refractivity contribution in [1.82, 2.24) is 0 Å². The maximum absolute atomic E-state index is 12.2. The van der Waals surface area contributed by atoms with E-state index in [0.29, 0.717) is 5.56 Å². The van der Waals surface area contributed by atoms with Crippen molar-refractivity contribution in [2.45, 2.75) is 0 Å². The maximum atomic E-state index is 12.2. The third kappa shape index (κ3) is 5.69. The topological polar surface area (TPSA) is 180 Å². The summed E-state index contributed by atoms with van der Waals surface area (Å²) < 4.78 is 5.18. The average molecular weight is 451 g/mol. The molecule has 0 radical (unpaired) electrons. The van der Waals surface area contributed by atoms with Gasteiger partial charge < -0.3 is 4.74 Å². The van der Waals surface area contributed by atoms with Crippen LogP contribution in [0.1, 0.15) is 15.9 Å². The predicted octanol–water partition coefficient (Wildman–Crippen LogP) is 4.08. The molecule has 0 fully saturated rings. The number of carbonyl (C=O) groups excluding carboxylic acids is 1. The molecule has 166 valence electrons. The number of rotatable bonds is 8. The number of ether oxygens (including phenoxy) is 1. The highest BCUT2D eigenvalue weighted by Gasteiger charge is 2.19. The van der Waals surface area contributed by atoms with Gasteiger partial charge in [0, 0.05) is 18.2 Å². The first-order valence-electron chi connectivity index (χ1n) is 9.03. The highest BCUT2D eigenvalue weighted by molar-refractivity contribution is 5.91. The van der Waals surface area contributed by atoms with Crippen LogP contribution in [0.5, 0.6) is 5.75 Å². The molecule has 0 aliphatic heterocycles. The average Bonchev–Trinajstić information content (AvgIpc) is 2.80. The van der Waals surface area contributed by atoms with E-state index in [4.69, 9.17) is 4.74 Å². The normalized spacial score (nSPS) is 10.5. The second-order valence-corrected chi connectivity index (χ2v) is 6.35. The molecule has 13 nitrogen and oxygen atoms in total. The summed E-state index contributed by atoms with van der Waals surface area (Å²) in [5.74, 6) is -0.588. The molecule has 0 amide bonds. The van der Waals surface area contributed by atoms with Gasteiger partial charge >= 0.3 is 11.7 Å². The lowest BCUT2D eigenvalue weighted by atomic mass is 10.2. The van der Waals surface area contributed by atoms with Crippen molar-refractivity contribution in [3.8, 4) is 5.75 Å². The molecule has 0 bridgehead atoms. The maximum Gasteiger partial charge on any atom is 0.343 e. The summed E-state index contributed by atoms with van der Waals surface area (Å²) in [6.45, 7) is 0. The Labute approximate surface area is 184 Å². The third-order valence-corrected chi connectivity index (χ3v) is 4.17. The fraction of sp³-hybridized carbons (Fsp3) is 0. The molecule has 3 rings (SSSR count). The molecule has 0 spiro atoms. The van der Waals surface area contributed by atoms with E-state index in [-0.39, 0.29) is 22.7 Å². The number of esters is 1. The largest absolute Gasteiger partial charge is 0.423 e. The van der Waals surface area contributed by atoms with E-state index < -0.39 is 32.1 Å². The Kier molecular flexibility index (Phi) is 6.64. The zero-order valence-electron chi connectivity index (χ0n) is 16.5. The van der Waals surface area contributed by atoms with Crippen LogP contribution in [0.2, 0.25) is 0 Å². The lowest BCUT2D eigenvalue weighted by Crippen LogP contribution is -2.08. The molecule has 0 aliphatic rings. The number of benzene rings is 3. The van der Waals surface area contributed by atoms with E-state index in [2.05, 4.69) is 10.5 Å². The fourth-order valence-electron chi connectivity index (χ4n) is 2.59.